The van der Waals surface area contributed by atoms with Gasteiger partial charge in [-0.15, -0.1) is 0 Å². The molecule has 0 spiro atoms. The number of hydrogen-bond donors (Lipinski definition) is 2. The molecule has 0 amide bonds. The lowest BCUT2D eigenvalue weighted by atomic mass is 9.66. The quantitative estimate of drug-likeness (QED) is 0.244. The number of rotatable bonds is 6. The molecule has 2 fully saturated rings. The second-order valence-electron chi connectivity index (χ2n) is 10.2. The van der Waals surface area contributed by atoms with Gasteiger partial charge in [-0.25, -0.2) is 8.78 Å². The highest BCUT2D eigenvalue weighted by Gasteiger charge is 2.42. The molecule has 3 N–H and O–H groups in total. The second-order valence-corrected chi connectivity index (χ2v) is 10.6. The van der Waals surface area contributed by atoms with Crippen molar-refractivity contribution in [3.8, 4) is 0 Å². The van der Waals surface area contributed by atoms with Gasteiger partial charge in [0.25, 0.3) is 11.6 Å². The molecule has 0 atom stereocenters. The maximum atomic E-state index is 14.0. The first-order valence-electron chi connectivity index (χ1n) is 13.6. The van der Waals surface area contributed by atoms with Crippen molar-refractivity contribution >= 4 is 29.1 Å². The second kappa shape index (κ2) is 14.5. The fourth-order valence-electron chi connectivity index (χ4n) is 4.90. The minimum absolute atomic E-state index is 0.161. The van der Waals surface area contributed by atoms with Crippen LogP contribution in [-0.4, -0.2) is 43.5 Å². The molecule has 4 heterocycles. The number of aromatic nitrogens is 6. The van der Waals surface area contributed by atoms with Gasteiger partial charge >= 0.3 is 0 Å². The van der Waals surface area contributed by atoms with E-state index in [1.54, 1.807) is 36.7 Å². The zero-order chi connectivity index (χ0) is 30.7. The van der Waals surface area contributed by atoms with Crippen molar-refractivity contribution < 1.29 is 8.78 Å². The first-order valence-corrected chi connectivity index (χ1v) is 14.0. The lowest BCUT2D eigenvalue weighted by molar-refractivity contribution is 0.237. The molecule has 13 heteroatoms. The predicted octanol–water partition coefficient (Wildman–Crippen LogP) is 6.38. The van der Waals surface area contributed by atoms with Crippen LogP contribution in [0.25, 0.3) is 9.69 Å². The third kappa shape index (κ3) is 7.60. The van der Waals surface area contributed by atoms with Crippen molar-refractivity contribution in [3.05, 3.63) is 112 Å². The molecule has 0 aliphatic heterocycles. The van der Waals surface area contributed by atoms with Gasteiger partial charge in [0.2, 0.25) is 0 Å². The maximum Gasteiger partial charge on any atom is 0.296 e. The predicted molar refractivity (Wildman–Crippen MR) is 159 cm³/mol. The summed E-state index contributed by atoms with van der Waals surface area (Å²) in [6.07, 6.45) is 9.21. The Balaban J connectivity index is 0.000000163. The summed E-state index contributed by atoms with van der Waals surface area (Å²) in [6.45, 7) is 14.4. The number of nitrogens with zero attached hydrogens (tertiary/aromatic N) is 8. The first-order chi connectivity index (χ1) is 20.8. The molecule has 10 nitrogen and oxygen atoms in total. The van der Waals surface area contributed by atoms with Gasteiger partial charge in [0, 0.05) is 36.3 Å². The summed E-state index contributed by atoms with van der Waals surface area (Å²) in [6, 6.07) is 12.5. The first kappa shape index (κ1) is 31.3. The van der Waals surface area contributed by atoms with E-state index in [4.69, 9.17) is 30.5 Å². The summed E-state index contributed by atoms with van der Waals surface area (Å²) in [7, 11) is 0. The number of nitrogens with one attached hydrogen (secondary N) is 1. The van der Waals surface area contributed by atoms with Crippen LogP contribution in [0.15, 0.2) is 60.9 Å². The van der Waals surface area contributed by atoms with Gasteiger partial charge < -0.3 is 20.7 Å². The Morgan fingerprint density at radius 1 is 0.767 bits per heavy atom. The van der Waals surface area contributed by atoms with Crippen LogP contribution >= 0.6 is 11.6 Å². The Morgan fingerprint density at radius 2 is 1.30 bits per heavy atom. The molecular formula is C30H29ClF2N10. The van der Waals surface area contributed by atoms with Crippen LogP contribution < -0.4 is 11.1 Å². The summed E-state index contributed by atoms with van der Waals surface area (Å²) in [5.41, 5.74) is 6.31. The zero-order valence-corrected chi connectivity index (χ0v) is 24.0. The van der Waals surface area contributed by atoms with Crippen molar-refractivity contribution in [2.75, 3.05) is 18.4 Å². The Labute approximate surface area is 253 Å². The third-order valence-electron chi connectivity index (χ3n) is 7.64. The maximum absolute atomic E-state index is 14.0. The Morgan fingerprint density at radius 3 is 1.70 bits per heavy atom. The highest BCUT2D eigenvalue weighted by Crippen LogP contribution is 2.44. The largest absolute Gasteiger partial charge is 0.366 e. The summed E-state index contributed by atoms with van der Waals surface area (Å²) in [5.74, 6) is 0.639. The SMILES string of the molecule is NCC1(c2ncccc2F)CCC1.[C-]#[N+]c1ccc(Cl)nn1.[C-]#[N+]c1ccc(NCC2(c3ncccc3F)CCC2)nn1. The van der Waals surface area contributed by atoms with Crippen molar-refractivity contribution in [2.24, 2.45) is 5.73 Å². The normalized spacial score (nSPS) is 15.4. The highest BCUT2D eigenvalue weighted by molar-refractivity contribution is 6.29. The molecule has 4 aromatic heterocycles. The van der Waals surface area contributed by atoms with E-state index >= 15 is 0 Å². The monoisotopic (exact) mass is 602 g/mol. The standard InChI is InChI=1S/C15H14FN5.C10H13FN2.C5H2ClN3/c1-17-12-5-6-13(21-20-12)19-10-15(7-3-8-15)14-11(16)4-2-9-18-14;11-8-3-1-6-13-9(8)10(7-12)4-2-5-10;1-7-5-3-2-4(6)8-9-5/h2,4-6,9H,3,7-8,10H2,(H,19,21);1,3,6H,2,4-5,7,12H2;2-3H. The zero-order valence-electron chi connectivity index (χ0n) is 23.2. The molecule has 0 bridgehead atoms. The summed E-state index contributed by atoms with van der Waals surface area (Å²) in [5, 5.41) is 18.1. The Bertz CT molecular complexity index is 1570. The summed E-state index contributed by atoms with van der Waals surface area (Å²) >= 11 is 5.39. The van der Waals surface area contributed by atoms with Crippen LogP contribution in [-0.2, 0) is 10.8 Å². The molecule has 2 aliphatic rings. The molecule has 0 unspecified atom stereocenters. The van der Waals surface area contributed by atoms with Crippen LogP contribution in [0.2, 0.25) is 5.15 Å². The van der Waals surface area contributed by atoms with Crippen LogP contribution in [0, 0.1) is 24.8 Å². The smallest absolute Gasteiger partial charge is 0.296 e. The lowest BCUT2D eigenvalue weighted by Gasteiger charge is -2.41. The molecular weight excluding hydrogens is 574 g/mol. The molecule has 0 saturated heterocycles. The molecule has 2 saturated carbocycles. The number of anilines is 1. The van der Waals surface area contributed by atoms with Gasteiger partial charge in [0.05, 0.1) is 11.4 Å². The van der Waals surface area contributed by atoms with E-state index in [0.29, 0.717) is 35.4 Å². The van der Waals surface area contributed by atoms with Gasteiger partial charge in [-0.2, -0.15) is 0 Å². The van der Waals surface area contributed by atoms with E-state index < -0.39 is 0 Å². The van der Waals surface area contributed by atoms with Gasteiger partial charge in [-0.3, -0.25) is 9.97 Å². The minimum atomic E-state index is -0.272. The molecule has 43 heavy (non-hydrogen) atoms. The highest BCUT2D eigenvalue weighted by atomic mass is 35.5. The fraction of sp³-hybridized carbons (Fsp3) is 0.333. The number of nitrogens with two attached hydrogens (primary N) is 1. The van der Waals surface area contributed by atoms with Gasteiger partial charge in [0.15, 0.2) is 11.0 Å². The fourth-order valence-corrected chi connectivity index (χ4v) is 5.00. The van der Waals surface area contributed by atoms with E-state index in [1.807, 2.05) is 0 Å². The van der Waals surface area contributed by atoms with Crippen LogP contribution in [0.4, 0.5) is 26.2 Å². The van der Waals surface area contributed by atoms with Crippen molar-refractivity contribution in [1.82, 2.24) is 30.4 Å². The Kier molecular flexibility index (Phi) is 10.5. The van der Waals surface area contributed by atoms with Crippen LogP contribution in [0.1, 0.15) is 49.9 Å². The van der Waals surface area contributed by atoms with Gasteiger partial charge in [0.1, 0.15) is 11.6 Å². The van der Waals surface area contributed by atoms with Crippen molar-refractivity contribution in [3.63, 3.8) is 0 Å². The van der Waals surface area contributed by atoms with E-state index in [-0.39, 0.29) is 34.1 Å². The number of pyridine rings is 2. The van der Waals surface area contributed by atoms with Crippen LogP contribution in [0.5, 0.6) is 0 Å². The van der Waals surface area contributed by atoms with Crippen molar-refractivity contribution in [1.29, 1.82) is 0 Å². The average molecular weight is 603 g/mol. The molecule has 220 valence electrons. The molecule has 4 aromatic rings. The molecule has 0 aromatic carbocycles. The molecule has 2 aliphatic carbocycles. The minimum Gasteiger partial charge on any atom is -0.366 e. The summed E-state index contributed by atoms with van der Waals surface area (Å²) in [4.78, 5) is 14.5. The van der Waals surface area contributed by atoms with Gasteiger partial charge in [-0.05, 0) is 94.6 Å². The molecule has 6 rings (SSSR count). The summed E-state index contributed by atoms with van der Waals surface area (Å²) < 4.78 is 27.4. The van der Waals surface area contributed by atoms with E-state index in [9.17, 15) is 8.78 Å². The van der Waals surface area contributed by atoms with E-state index in [1.165, 1.54) is 24.3 Å². The average Bonchev–Trinajstić information content (AvgIpc) is 2.99. The Hall–Kier alpha value is -4.65. The number of halogens is 3. The van der Waals surface area contributed by atoms with E-state index in [2.05, 4.69) is 45.4 Å². The van der Waals surface area contributed by atoms with Gasteiger partial charge in [-0.1, -0.05) is 37.6 Å². The lowest BCUT2D eigenvalue weighted by Crippen LogP contribution is -2.43. The third-order valence-corrected chi connectivity index (χ3v) is 7.84. The topological polar surface area (TPSA) is 124 Å². The van der Waals surface area contributed by atoms with E-state index in [0.717, 1.165) is 38.5 Å². The number of hydrogen-bond acceptors (Lipinski definition) is 8. The van der Waals surface area contributed by atoms with Crippen molar-refractivity contribution in [2.45, 2.75) is 49.4 Å². The molecule has 0 radical (unpaired) electrons. The van der Waals surface area contributed by atoms with Crippen LogP contribution in [0.3, 0.4) is 0 Å².